The Kier molecular flexibility index (Phi) is 4.20. The normalized spacial score (nSPS) is 10.7. The van der Waals surface area contributed by atoms with Crippen LogP contribution in [0.25, 0.3) is 11.1 Å². The van der Waals surface area contributed by atoms with Gasteiger partial charge in [-0.3, -0.25) is 0 Å². The van der Waals surface area contributed by atoms with Gasteiger partial charge in [-0.15, -0.1) is 0 Å². The number of hydrogen-bond donors (Lipinski definition) is 1. The fourth-order valence-electron chi connectivity index (χ4n) is 1.47. The summed E-state index contributed by atoms with van der Waals surface area (Å²) >= 11 is 29.7. The molecule has 0 radical (unpaired) electrons. The van der Waals surface area contributed by atoms with Gasteiger partial charge in [-0.2, -0.15) is 0 Å². The first-order valence-corrected chi connectivity index (χ1v) is 6.62. The largest absolute Gasteiger partial charge is 0.506 e. The molecule has 0 aliphatic heterocycles. The number of halogens is 5. The van der Waals surface area contributed by atoms with Crippen molar-refractivity contribution in [3.8, 4) is 16.9 Å². The van der Waals surface area contributed by atoms with Crippen molar-refractivity contribution in [2.24, 2.45) is 0 Å². The number of benzene rings is 2. The second-order valence-corrected chi connectivity index (χ2v) is 5.57. The number of rotatable bonds is 1. The molecule has 0 aliphatic rings. The highest BCUT2D eigenvalue weighted by atomic mass is 35.5. The SMILES string of the molecule is Oc1cc(-c2cc(Cl)c(Cl)cc2Cl)c(Cl)cc1Cl. The quantitative estimate of drug-likeness (QED) is 0.601. The molecule has 0 aromatic heterocycles. The van der Waals surface area contributed by atoms with Crippen LogP contribution in [-0.4, -0.2) is 5.11 Å². The van der Waals surface area contributed by atoms with Crippen LogP contribution < -0.4 is 0 Å². The van der Waals surface area contributed by atoms with Gasteiger partial charge in [-0.1, -0.05) is 58.0 Å². The van der Waals surface area contributed by atoms with Crippen LogP contribution in [0.15, 0.2) is 24.3 Å². The number of phenolic OH excluding ortho intramolecular Hbond substituents is 1. The highest BCUT2D eigenvalue weighted by molar-refractivity contribution is 6.44. The van der Waals surface area contributed by atoms with Crippen LogP contribution in [0.4, 0.5) is 0 Å². The summed E-state index contributed by atoms with van der Waals surface area (Å²) in [7, 11) is 0. The highest BCUT2D eigenvalue weighted by Gasteiger charge is 2.13. The monoisotopic (exact) mass is 340 g/mol. The van der Waals surface area contributed by atoms with Crippen LogP contribution in [0.5, 0.6) is 5.75 Å². The van der Waals surface area contributed by atoms with Crippen molar-refractivity contribution in [3.63, 3.8) is 0 Å². The fourth-order valence-corrected chi connectivity index (χ4v) is 2.61. The maximum Gasteiger partial charge on any atom is 0.134 e. The minimum Gasteiger partial charge on any atom is -0.506 e. The van der Waals surface area contributed by atoms with Gasteiger partial charge in [0.15, 0.2) is 0 Å². The van der Waals surface area contributed by atoms with Crippen molar-refractivity contribution in [1.29, 1.82) is 0 Å². The van der Waals surface area contributed by atoms with Crippen LogP contribution in [0, 0.1) is 0 Å². The second kappa shape index (κ2) is 5.36. The molecule has 0 bridgehead atoms. The Balaban J connectivity index is 2.69. The molecule has 2 rings (SSSR count). The lowest BCUT2D eigenvalue weighted by atomic mass is 10.1. The third kappa shape index (κ3) is 2.66. The fraction of sp³-hybridized carbons (Fsp3) is 0. The molecule has 1 nitrogen and oxygen atoms in total. The molecule has 0 heterocycles. The predicted octanol–water partition coefficient (Wildman–Crippen LogP) is 6.33. The lowest BCUT2D eigenvalue weighted by Crippen LogP contribution is -1.84. The first-order valence-electron chi connectivity index (χ1n) is 4.73. The third-order valence-electron chi connectivity index (χ3n) is 2.34. The predicted molar refractivity (Wildman–Crippen MR) is 78.6 cm³/mol. The van der Waals surface area contributed by atoms with E-state index in [4.69, 9.17) is 58.0 Å². The molecule has 2 aromatic carbocycles. The highest BCUT2D eigenvalue weighted by Crippen LogP contribution is 2.41. The van der Waals surface area contributed by atoms with Gasteiger partial charge in [0.05, 0.1) is 25.1 Å². The Bertz CT molecular complexity index is 569. The molecule has 18 heavy (non-hydrogen) atoms. The van der Waals surface area contributed by atoms with E-state index in [9.17, 15) is 5.11 Å². The second-order valence-electron chi connectivity index (χ2n) is 3.53. The van der Waals surface area contributed by atoms with Crippen molar-refractivity contribution in [2.45, 2.75) is 0 Å². The summed E-state index contributed by atoms with van der Waals surface area (Å²) < 4.78 is 0. The van der Waals surface area contributed by atoms with Gasteiger partial charge in [0.25, 0.3) is 0 Å². The number of phenols is 1. The van der Waals surface area contributed by atoms with Crippen molar-refractivity contribution in [2.75, 3.05) is 0 Å². The molecule has 0 aliphatic carbocycles. The number of hydrogen-bond acceptors (Lipinski definition) is 1. The molecule has 0 unspecified atom stereocenters. The van der Waals surface area contributed by atoms with Gasteiger partial charge >= 0.3 is 0 Å². The summed E-state index contributed by atoms with van der Waals surface area (Å²) in [4.78, 5) is 0. The molecule has 0 spiro atoms. The maximum atomic E-state index is 9.61. The molecule has 0 amide bonds. The smallest absolute Gasteiger partial charge is 0.134 e. The first kappa shape index (κ1) is 14.1. The Labute approximate surface area is 129 Å². The maximum absolute atomic E-state index is 9.61. The van der Waals surface area contributed by atoms with E-state index in [1.807, 2.05) is 0 Å². The van der Waals surface area contributed by atoms with Gasteiger partial charge in [-0.25, -0.2) is 0 Å². The first-order chi connectivity index (χ1) is 8.40. The van der Waals surface area contributed by atoms with Crippen molar-refractivity contribution >= 4 is 58.0 Å². The molecular formula is C12H5Cl5O. The molecule has 0 fully saturated rings. The standard InChI is InChI=1S/C12H5Cl5O/c13-7-3-10(16)9(15)1-5(7)6-2-12(18)11(17)4-8(6)14/h1-4,18H. The van der Waals surface area contributed by atoms with E-state index in [0.717, 1.165) is 0 Å². The van der Waals surface area contributed by atoms with Crippen LogP contribution in [0.3, 0.4) is 0 Å². The minimum absolute atomic E-state index is 0.0850. The average Bonchev–Trinajstić information content (AvgIpc) is 2.29. The molecule has 0 saturated heterocycles. The molecule has 0 atom stereocenters. The van der Waals surface area contributed by atoms with Gasteiger partial charge in [0.1, 0.15) is 5.75 Å². The summed E-state index contributed by atoms with van der Waals surface area (Å²) in [5.41, 5.74) is 1.10. The van der Waals surface area contributed by atoms with Crippen LogP contribution in [-0.2, 0) is 0 Å². The zero-order chi connectivity index (χ0) is 13.4. The van der Waals surface area contributed by atoms with E-state index in [1.54, 1.807) is 6.07 Å². The Morgan fingerprint density at radius 1 is 0.556 bits per heavy atom. The Hall–Kier alpha value is -0.310. The molecule has 2 aromatic rings. The summed E-state index contributed by atoms with van der Waals surface area (Å²) in [6, 6.07) is 5.96. The topological polar surface area (TPSA) is 20.2 Å². The molecule has 94 valence electrons. The Morgan fingerprint density at radius 3 is 1.61 bits per heavy atom. The van der Waals surface area contributed by atoms with Gasteiger partial charge in [-0.05, 0) is 24.3 Å². The summed E-state index contributed by atoms with van der Waals surface area (Å²) in [5, 5.41) is 11.2. The number of aromatic hydroxyl groups is 1. The lowest BCUT2D eigenvalue weighted by Gasteiger charge is -2.10. The summed E-state index contributed by atoms with van der Waals surface area (Å²) in [6.45, 7) is 0. The van der Waals surface area contributed by atoms with Gasteiger partial charge < -0.3 is 5.11 Å². The molecule has 6 heteroatoms. The Morgan fingerprint density at radius 2 is 1.00 bits per heavy atom. The zero-order valence-electron chi connectivity index (χ0n) is 8.65. The molecule has 1 N–H and O–H groups in total. The van der Waals surface area contributed by atoms with Crippen molar-refractivity contribution in [1.82, 2.24) is 0 Å². The lowest BCUT2D eigenvalue weighted by molar-refractivity contribution is 0.476. The summed E-state index contributed by atoms with van der Waals surface area (Å²) in [6.07, 6.45) is 0. The van der Waals surface area contributed by atoms with E-state index < -0.39 is 0 Å². The van der Waals surface area contributed by atoms with Crippen molar-refractivity contribution < 1.29 is 5.11 Å². The third-order valence-corrected chi connectivity index (χ3v) is 3.99. The van der Waals surface area contributed by atoms with Crippen LogP contribution in [0.2, 0.25) is 25.1 Å². The summed E-state index contributed by atoms with van der Waals surface area (Å²) in [5.74, 6) is -0.0850. The average molecular weight is 342 g/mol. The van der Waals surface area contributed by atoms with E-state index in [-0.39, 0.29) is 10.8 Å². The van der Waals surface area contributed by atoms with Gasteiger partial charge in [0.2, 0.25) is 0 Å². The minimum atomic E-state index is -0.0850. The van der Waals surface area contributed by atoms with Gasteiger partial charge in [0, 0.05) is 11.1 Å². The van der Waals surface area contributed by atoms with Crippen LogP contribution in [0.1, 0.15) is 0 Å². The van der Waals surface area contributed by atoms with E-state index >= 15 is 0 Å². The molecular weight excluding hydrogens is 337 g/mol. The van der Waals surface area contributed by atoms with Crippen molar-refractivity contribution in [3.05, 3.63) is 49.4 Å². The zero-order valence-corrected chi connectivity index (χ0v) is 12.4. The molecule has 0 saturated carbocycles. The van der Waals surface area contributed by atoms with E-state index in [0.29, 0.717) is 31.2 Å². The van der Waals surface area contributed by atoms with E-state index in [2.05, 4.69) is 0 Å². The van der Waals surface area contributed by atoms with E-state index in [1.165, 1.54) is 18.2 Å². The van der Waals surface area contributed by atoms with Crippen LogP contribution >= 0.6 is 58.0 Å².